The fourth-order valence-electron chi connectivity index (χ4n) is 8.94. The maximum Gasteiger partial charge on any atom is 0.231 e. The highest BCUT2D eigenvalue weighted by molar-refractivity contribution is 7.80. The van der Waals surface area contributed by atoms with E-state index >= 15 is 0 Å². The zero-order chi connectivity index (χ0) is 46.1. The van der Waals surface area contributed by atoms with Gasteiger partial charge in [-0.3, -0.25) is 0 Å². The zero-order valence-corrected chi connectivity index (χ0v) is 39.0. The minimum absolute atomic E-state index is 0.272. The van der Waals surface area contributed by atoms with Crippen LogP contribution in [0.3, 0.4) is 0 Å². The van der Waals surface area contributed by atoms with Crippen molar-refractivity contribution in [1.29, 1.82) is 0 Å². The van der Waals surface area contributed by atoms with E-state index in [0.29, 0.717) is 24.6 Å². The number of para-hydroxylation sites is 1. The number of furan rings is 1. The maximum atomic E-state index is 6.09. The summed E-state index contributed by atoms with van der Waals surface area (Å²) in [6, 6.07) is 23.7. The van der Waals surface area contributed by atoms with Crippen molar-refractivity contribution >= 4 is 90.3 Å². The van der Waals surface area contributed by atoms with Gasteiger partial charge in [-0.1, -0.05) is 24.3 Å². The van der Waals surface area contributed by atoms with Crippen LogP contribution in [0.4, 0.5) is 11.6 Å². The molecular formula is C48H47N11O7S2. The Bertz CT molecular complexity index is 3190. The summed E-state index contributed by atoms with van der Waals surface area (Å²) in [7, 11) is 3.27. The van der Waals surface area contributed by atoms with Crippen LogP contribution >= 0.6 is 24.4 Å². The van der Waals surface area contributed by atoms with E-state index in [1.165, 1.54) is 0 Å². The predicted molar refractivity (Wildman–Crippen MR) is 265 cm³/mol. The van der Waals surface area contributed by atoms with Crippen molar-refractivity contribution in [3.05, 3.63) is 96.6 Å². The van der Waals surface area contributed by atoms with Crippen LogP contribution in [0.1, 0.15) is 11.1 Å². The first-order valence-corrected chi connectivity index (χ1v) is 23.1. The molecule has 0 bridgehead atoms. The highest BCUT2D eigenvalue weighted by Gasteiger charge is 2.26. The van der Waals surface area contributed by atoms with Crippen molar-refractivity contribution < 1.29 is 32.8 Å². The molecule has 2 fully saturated rings. The van der Waals surface area contributed by atoms with Gasteiger partial charge in [-0.05, 0) is 78.0 Å². The first kappa shape index (κ1) is 43.0. The number of piperazine rings is 2. The van der Waals surface area contributed by atoms with E-state index in [1.807, 2.05) is 72.8 Å². The summed E-state index contributed by atoms with van der Waals surface area (Å²) in [5, 5.41) is 11.2. The molecule has 0 spiro atoms. The van der Waals surface area contributed by atoms with Crippen LogP contribution in [0.25, 0.3) is 44.0 Å². The molecule has 20 heteroatoms. The summed E-state index contributed by atoms with van der Waals surface area (Å²) >= 11 is 11.3. The standard InChI is InChI=1S/C25H26N6O4S.C23H21N5O3S/c1-32-19-10-16-17(11-20(19)33-2)29-23-22(16)24(28-13-27-23)30-5-7-31(8-6-30)25(36)26-12-15-3-4-18-21(9-15)35-14-34-18;32-23(24-12-15-5-6-18-19(11-15)30-14-29-18)28-9-7-27(8-10-28)22-21-20(25-13-26-22)16-3-1-2-4-17(16)31-21/h3-4,9-11,13H,5-8,12,14H2,1-2H3,(H,26,36)(H,27,28,29);1-6,11,13H,7-10,12,14H2,(H,24,32). The van der Waals surface area contributed by atoms with Gasteiger partial charge in [0.05, 0.1) is 25.1 Å². The molecule has 348 valence electrons. The average molecular weight is 954 g/mol. The van der Waals surface area contributed by atoms with E-state index in [-0.39, 0.29) is 13.6 Å². The SMILES string of the molecule is COc1cc2[nH]c3ncnc(N4CCN(C(=S)NCc5ccc6c(c5)OCO6)CC4)c3c2cc1OC.S=C(NCc1ccc2c(c1)OCO2)N1CCN(c2ncnc3c2oc2ccccc23)CC1. The number of aromatic amines is 1. The number of aromatic nitrogens is 5. The molecule has 18 nitrogen and oxygen atoms in total. The molecule has 68 heavy (non-hydrogen) atoms. The van der Waals surface area contributed by atoms with Gasteiger partial charge in [0.15, 0.2) is 56.1 Å². The van der Waals surface area contributed by atoms with Crippen LogP contribution in [0.15, 0.2) is 89.9 Å². The number of rotatable bonds is 8. The number of anilines is 2. The fourth-order valence-corrected chi connectivity index (χ4v) is 9.45. The van der Waals surface area contributed by atoms with Crippen LogP contribution in [-0.2, 0) is 13.1 Å². The van der Waals surface area contributed by atoms with E-state index in [9.17, 15) is 0 Å². The molecule has 0 atom stereocenters. The Morgan fingerprint density at radius 3 is 1.81 bits per heavy atom. The maximum absolute atomic E-state index is 6.09. The zero-order valence-electron chi connectivity index (χ0n) is 37.3. The molecule has 0 unspecified atom stereocenters. The number of hydrogen-bond donors (Lipinski definition) is 3. The number of fused-ring (bicyclic) bond motifs is 8. The van der Waals surface area contributed by atoms with Crippen molar-refractivity contribution in [2.45, 2.75) is 13.1 Å². The summed E-state index contributed by atoms with van der Waals surface area (Å²) in [6.07, 6.45) is 3.22. The second-order valence-electron chi connectivity index (χ2n) is 16.4. The van der Waals surface area contributed by atoms with Crippen molar-refractivity contribution in [2.24, 2.45) is 0 Å². The van der Waals surface area contributed by atoms with E-state index in [0.717, 1.165) is 152 Å². The number of nitrogens with one attached hydrogen (secondary N) is 3. The third-order valence-electron chi connectivity index (χ3n) is 12.5. The fraction of sp³-hybridized carbons (Fsp3) is 0.292. The summed E-state index contributed by atoms with van der Waals surface area (Å²) in [6.45, 7) is 8.19. The Labute approximate surface area is 401 Å². The monoisotopic (exact) mass is 953 g/mol. The van der Waals surface area contributed by atoms with Gasteiger partial charge >= 0.3 is 0 Å². The van der Waals surface area contributed by atoms with Crippen molar-refractivity contribution in [3.63, 3.8) is 0 Å². The van der Waals surface area contributed by atoms with Gasteiger partial charge in [0.2, 0.25) is 13.6 Å². The quantitative estimate of drug-likeness (QED) is 0.144. The Morgan fingerprint density at radius 2 is 1.18 bits per heavy atom. The Kier molecular flexibility index (Phi) is 11.8. The van der Waals surface area contributed by atoms with E-state index in [2.05, 4.69) is 55.2 Å². The molecule has 4 aromatic heterocycles. The van der Waals surface area contributed by atoms with Crippen LogP contribution in [0, 0.1) is 0 Å². The summed E-state index contributed by atoms with van der Waals surface area (Å²) < 4.78 is 38.8. The lowest BCUT2D eigenvalue weighted by Gasteiger charge is -2.37. The molecule has 4 aliphatic rings. The van der Waals surface area contributed by atoms with Gasteiger partial charge in [0.25, 0.3) is 0 Å². The molecule has 12 rings (SSSR count). The molecule has 4 aliphatic heterocycles. The number of methoxy groups -OCH3 is 2. The molecule has 2 saturated heterocycles. The molecule has 8 heterocycles. The first-order chi connectivity index (χ1) is 33.4. The van der Waals surface area contributed by atoms with Gasteiger partial charge in [-0.2, -0.15) is 0 Å². The predicted octanol–water partition coefficient (Wildman–Crippen LogP) is 6.36. The number of hydrogen-bond acceptors (Lipinski definition) is 15. The largest absolute Gasteiger partial charge is 0.493 e. The summed E-state index contributed by atoms with van der Waals surface area (Å²) in [4.78, 5) is 30.4. The van der Waals surface area contributed by atoms with Gasteiger partial charge < -0.3 is 68.1 Å². The minimum Gasteiger partial charge on any atom is -0.493 e. The highest BCUT2D eigenvalue weighted by Crippen LogP contribution is 2.39. The molecule has 3 N–H and O–H groups in total. The van der Waals surface area contributed by atoms with Gasteiger partial charge in [0, 0.05) is 82.3 Å². The molecule has 4 aromatic carbocycles. The van der Waals surface area contributed by atoms with E-state index in [1.54, 1.807) is 26.9 Å². The van der Waals surface area contributed by atoms with Crippen LogP contribution in [-0.4, -0.2) is 125 Å². The van der Waals surface area contributed by atoms with Gasteiger partial charge in [0.1, 0.15) is 35.2 Å². The molecule has 0 aliphatic carbocycles. The number of H-pyrrole nitrogens is 1. The van der Waals surface area contributed by atoms with Crippen LogP contribution < -0.4 is 48.9 Å². The Morgan fingerprint density at radius 1 is 0.618 bits per heavy atom. The van der Waals surface area contributed by atoms with Crippen LogP contribution in [0.5, 0.6) is 34.5 Å². The minimum atomic E-state index is 0.272. The Hall–Kier alpha value is -7.58. The van der Waals surface area contributed by atoms with Gasteiger partial charge in [-0.25, -0.2) is 19.9 Å². The second-order valence-corrected chi connectivity index (χ2v) is 17.2. The van der Waals surface area contributed by atoms with Crippen molar-refractivity contribution in [1.82, 2.24) is 45.4 Å². The third kappa shape index (κ3) is 8.40. The van der Waals surface area contributed by atoms with Crippen LogP contribution in [0.2, 0.25) is 0 Å². The first-order valence-electron chi connectivity index (χ1n) is 22.2. The Balaban J connectivity index is 0.000000150. The lowest BCUT2D eigenvalue weighted by Crippen LogP contribution is -2.51. The molecule has 0 amide bonds. The highest BCUT2D eigenvalue weighted by atomic mass is 32.1. The third-order valence-corrected chi connectivity index (χ3v) is 13.3. The molecule has 0 saturated carbocycles. The number of thiocarbonyl (C=S) groups is 2. The molecule has 8 aromatic rings. The summed E-state index contributed by atoms with van der Waals surface area (Å²) in [5.41, 5.74) is 6.33. The van der Waals surface area contributed by atoms with E-state index in [4.69, 9.17) is 57.3 Å². The lowest BCUT2D eigenvalue weighted by molar-refractivity contribution is 0.173. The number of benzene rings is 4. The number of nitrogens with zero attached hydrogens (tertiary/aromatic N) is 8. The normalized spacial score (nSPS) is 15.2. The second kappa shape index (κ2) is 18.6. The van der Waals surface area contributed by atoms with E-state index < -0.39 is 0 Å². The number of ether oxygens (including phenoxy) is 6. The molecular weight excluding hydrogens is 907 g/mol. The average Bonchev–Trinajstić information content (AvgIpc) is 4.22. The van der Waals surface area contributed by atoms with Crippen molar-refractivity contribution in [2.75, 3.05) is 90.0 Å². The summed E-state index contributed by atoms with van der Waals surface area (Å²) in [5.74, 6) is 6.21. The van der Waals surface area contributed by atoms with Gasteiger partial charge in [-0.15, -0.1) is 0 Å². The lowest BCUT2D eigenvalue weighted by atomic mass is 10.1. The topological polar surface area (TPSA) is 173 Å². The smallest absolute Gasteiger partial charge is 0.231 e. The van der Waals surface area contributed by atoms with Crippen molar-refractivity contribution in [3.8, 4) is 34.5 Å². The molecule has 0 radical (unpaired) electrons.